The van der Waals surface area contributed by atoms with E-state index in [0.29, 0.717) is 17.7 Å². The lowest BCUT2D eigenvalue weighted by molar-refractivity contribution is -0.159. The van der Waals surface area contributed by atoms with Crippen molar-refractivity contribution < 1.29 is 14.3 Å². The summed E-state index contributed by atoms with van der Waals surface area (Å²) in [6, 6.07) is 32.1. The van der Waals surface area contributed by atoms with Crippen LogP contribution in [0.2, 0.25) is 0 Å². The molecule has 0 bridgehead atoms. The van der Waals surface area contributed by atoms with Gasteiger partial charge in [0.05, 0.1) is 0 Å². The van der Waals surface area contributed by atoms with Crippen molar-refractivity contribution in [3.05, 3.63) is 113 Å². The number of fused-ring (bicyclic) bond motifs is 6. The van der Waals surface area contributed by atoms with Gasteiger partial charge in [-0.15, -0.1) is 34.0 Å². The van der Waals surface area contributed by atoms with E-state index in [-0.39, 0.29) is 16.2 Å². The molecule has 1 spiro atoms. The van der Waals surface area contributed by atoms with Crippen LogP contribution < -0.4 is 4.74 Å². The number of carbonyl (C=O) groups is 1. The van der Waals surface area contributed by atoms with Crippen molar-refractivity contribution in [3.8, 4) is 48.2 Å². The van der Waals surface area contributed by atoms with Gasteiger partial charge in [0, 0.05) is 46.3 Å². The molecule has 0 radical (unpaired) electrons. The zero-order valence-corrected chi connectivity index (χ0v) is 36.4. The molecule has 2 aliphatic rings. The third kappa shape index (κ3) is 6.80. The summed E-state index contributed by atoms with van der Waals surface area (Å²) in [5.41, 5.74) is 9.96. The predicted octanol–water partition coefficient (Wildman–Crippen LogP) is 15.6. The van der Waals surface area contributed by atoms with Gasteiger partial charge in [-0.05, 0) is 144 Å². The number of unbranched alkanes of at least 4 members (excludes halogenated alkanes) is 3. The summed E-state index contributed by atoms with van der Waals surface area (Å²) < 4.78 is 14.7. The topological polar surface area (TPSA) is 35.5 Å². The Morgan fingerprint density at radius 3 is 1.91 bits per heavy atom. The molecule has 290 valence electrons. The molecule has 1 atom stereocenters. The Kier molecular flexibility index (Phi) is 10.5. The summed E-state index contributed by atoms with van der Waals surface area (Å²) in [6.07, 6.45) is 8.02. The fourth-order valence-corrected chi connectivity index (χ4v) is 13.4. The van der Waals surface area contributed by atoms with Crippen molar-refractivity contribution in [1.29, 1.82) is 0 Å². The second-order valence-corrected chi connectivity index (χ2v) is 20.8. The highest BCUT2D eigenvalue weighted by Crippen LogP contribution is 2.70. The molecule has 0 aliphatic heterocycles. The van der Waals surface area contributed by atoms with E-state index in [9.17, 15) is 4.79 Å². The number of rotatable bonds is 12. The van der Waals surface area contributed by atoms with Crippen LogP contribution in [0.1, 0.15) is 109 Å². The fraction of sp³-hybridized carbons (Fsp3) is 0.380. The lowest BCUT2D eigenvalue weighted by Crippen LogP contribution is -2.55. The molecule has 6 aromatic rings. The standard InChI is InChI=1S/C50H54O3S3/c1-9-10-11-12-14-46(53-47(51)31(2)3)52-36-19-15-33(16-20-36)41-23-24-42(55-41)34-17-21-37-38-22-18-35(43-30-45-44(56-43)27-32(4)54-45)29-40(38)50(39(37)28-34)48(5,6)25-13-26-49(50,7)8/h15-24,27-30,46H,2,9-14,25-26H2,1,3-8H3. The molecule has 1 unspecified atom stereocenters. The maximum absolute atomic E-state index is 12.4. The molecule has 6 heteroatoms. The van der Waals surface area contributed by atoms with Crippen LogP contribution >= 0.6 is 34.0 Å². The van der Waals surface area contributed by atoms with Gasteiger partial charge in [0.2, 0.25) is 6.29 Å². The Hall–Kier alpha value is -3.97. The number of aryl methyl sites for hydroxylation is 1. The highest BCUT2D eigenvalue weighted by molar-refractivity contribution is 7.29. The number of thiophene rings is 3. The minimum atomic E-state index is -0.632. The van der Waals surface area contributed by atoms with Crippen molar-refractivity contribution >= 4 is 49.4 Å². The molecule has 2 aliphatic carbocycles. The van der Waals surface area contributed by atoms with Crippen LogP contribution in [0.4, 0.5) is 0 Å². The molecule has 3 aromatic heterocycles. The summed E-state index contributed by atoms with van der Waals surface area (Å²) in [6.45, 7) is 19.9. The number of hydrogen-bond acceptors (Lipinski definition) is 6. The fourth-order valence-electron chi connectivity index (χ4n) is 10.0. The molecule has 3 heterocycles. The number of hydrogen-bond donors (Lipinski definition) is 0. The molecule has 3 nitrogen and oxygen atoms in total. The van der Waals surface area contributed by atoms with E-state index in [1.54, 1.807) is 6.92 Å². The van der Waals surface area contributed by atoms with Gasteiger partial charge in [-0.3, -0.25) is 0 Å². The van der Waals surface area contributed by atoms with Gasteiger partial charge in [0.25, 0.3) is 0 Å². The normalized spacial score (nSPS) is 16.8. The van der Waals surface area contributed by atoms with Crippen LogP contribution in [0.15, 0.2) is 97.1 Å². The SMILES string of the molecule is C=C(C)C(=O)OC(CCCCCC)Oc1ccc(-c2ccc(-c3ccc4c(c3)C3(c5cc(-c6cc7sc(C)cc7s6)ccc5-4)C(C)(C)CCCC3(C)C)s2)cc1. The molecule has 0 N–H and O–H groups in total. The largest absolute Gasteiger partial charge is 0.455 e. The van der Waals surface area contributed by atoms with Gasteiger partial charge < -0.3 is 9.47 Å². The van der Waals surface area contributed by atoms with Crippen molar-refractivity contribution in [1.82, 2.24) is 0 Å². The summed E-state index contributed by atoms with van der Waals surface area (Å²) in [4.78, 5) is 17.6. The lowest BCUT2D eigenvalue weighted by atomic mass is 9.44. The Morgan fingerprint density at radius 1 is 0.714 bits per heavy atom. The molecule has 1 saturated carbocycles. The van der Waals surface area contributed by atoms with Crippen LogP contribution in [0.3, 0.4) is 0 Å². The van der Waals surface area contributed by atoms with E-state index in [0.717, 1.165) is 31.2 Å². The van der Waals surface area contributed by atoms with Gasteiger partial charge in [-0.2, -0.15) is 0 Å². The van der Waals surface area contributed by atoms with Crippen molar-refractivity contribution in [2.24, 2.45) is 10.8 Å². The lowest BCUT2D eigenvalue weighted by Gasteiger charge is -2.59. The van der Waals surface area contributed by atoms with E-state index in [2.05, 4.69) is 121 Å². The molecular weight excluding hydrogens is 745 g/mol. The Bertz CT molecular complexity index is 2370. The van der Waals surface area contributed by atoms with Gasteiger partial charge >= 0.3 is 5.97 Å². The highest BCUT2D eigenvalue weighted by atomic mass is 32.1. The van der Waals surface area contributed by atoms with E-state index in [1.807, 2.05) is 46.1 Å². The van der Waals surface area contributed by atoms with E-state index in [4.69, 9.17) is 9.47 Å². The molecule has 3 aromatic carbocycles. The van der Waals surface area contributed by atoms with Crippen molar-refractivity contribution in [3.63, 3.8) is 0 Å². The zero-order valence-electron chi connectivity index (χ0n) is 34.0. The smallest absolute Gasteiger partial charge is 0.336 e. The van der Waals surface area contributed by atoms with Crippen LogP contribution in [-0.4, -0.2) is 12.3 Å². The van der Waals surface area contributed by atoms with Crippen LogP contribution in [0.25, 0.3) is 51.8 Å². The summed E-state index contributed by atoms with van der Waals surface area (Å²) >= 11 is 5.67. The first-order valence-electron chi connectivity index (χ1n) is 20.3. The Balaban J connectivity index is 1.10. The number of ether oxygens (including phenoxy) is 2. The number of benzene rings is 3. The minimum Gasteiger partial charge on any atom is -0.455 e. The molecule has 0 saturated heterocycles. The Labute approximate surface area is 345 Å². The zero-order chi connectivity index (χ0) is 39.4. The first-order valence-corrected chi connectivity index (χ1v) is 22.8. The first-order chi connectivity index (χ1) is 26.8. The molecule has 1 fully saturated rings. The van der Waals surface area contributed by atoms with Crippen LogP contribution in [-0.2, 0) is 14.9 Å². The minimum absolute atomic E-state index is 0.0701. The second kappa shape index (κ2) is 15.1. The summed E-state index contributed by atoms with van der Waals surface area (Å²) in [5, 5.41) is 0. The summed E-state index contributed by atoms with van der Waals surface area (Å²) in [5.74, 6) is 0.280. The van der Waals surface area contributed by atoms with E-state index in [1.165, 1.54) is 81.6 Å². The van der Waals surface area contributed by atoms with E-state index < -0.39 is 12.3 Å². The number of carbonyl (C=O) groups excluding carboxylic acids is 1. The second-order valence-electron chi connectivity index (χ2n) is 17.4. The van der Waals surface area contributed by atoms with E-state index >= 15 is 0 Å². The predicted molar refractivity (Wildman–Crippen MR) is 240 cm³/mol. The average Bonchev–Trinajstić information content (AvgIpc) is 3.94. The maximum Gasteiger partial charge on any atom is 0.336 e. The molecule has 8 rings (SSSR count). The third-order valence-corrected chi connectivity index (χ3v) is 16.0. The number of esters is 1. The third-order valence-electron chi connectivity index (χ3n) is 12.6. The maximum atomic E-state index is 12.4. The van der Waals surface area contributed by atoms with Gasteiger partial charge in [-0.1, -0.05) is 91.1 Å². The average molecular weight is 799 g/mol. The summed E-state index contributed by atoms with van der Waals surface area (Å²) in [7, 11) is 0. The van der Waals surface area contributed by atoms with Gasteiger partial charge in [0.1, 0.15) is 5.75 Å². The van der Waals surface area contributed by atoms with Crippen LogP contribution in [0, 0.1) is 17.8 Å². The van der Waals surface area contributed by atoms with Crippen molar-refractivity contribution in [2.45, 2.75) is 112 Å². The first kappa shape index (κ1) is 38.9. The van der Waals surface area contributed by atoms with Crippen LogP contribution in [0.5, 0.6) is 5.75 Å². The molecule has 56 heavy (non-hydrogen) atoms. The van der Waals surface area contributed by atoms with Gasteiger partial charge in [0.15, 0.2) is 0 Å². The molecular formula is C50H54O3S3. The Morgan fingerprint density at radius 2 is 1.30 bits per heavy atom. The molecule has 0 amide bonds. The quantitative estimate of drug-likeness (QED) is 0.0535. The van der Waals surface area contributed by atoms with Crippen molar-refractivity contribution in [2.75, 3.05) is 0 Å². The highest BCUT2D eigenvalue weighted by Gasteiger charge is 2.62. The monoisotopic (exact) mass is 798 g/mol. The van der Waals surface area contributed by atoms with Gasteiger partial charge in [-0.25, -0.2) is 4.79 Å².